The van der Waals surface area contributed by atoms with Crippen molar-refractivity contribution in [3.63, 3.8) is 0 Å². The average molecular weight is 254 g/mol. The molecule has 6 heteroatoms. The molecule has 0 radical (unpaired) electrons. The molecule has 1 unspecified atom stereocenters. The lowest BCUT2D eigenvalue weighted by Gasteiger charge is -2.26. The Morgan fingerprint density at radius 1 is 1.47 bits per heavy atom. The first kappa shape index (κ1) is 15.2. The number of nitrogens with zero attached hydrogens (tertiary/aromatic N) is 1. The predicted molar refractivity (Wildman–Crippen MR) is 68.2 cm³/mol. The fourth-order valence-corrected chi connectivity index (χ4v) is 2.39. The molecule has 0 saturated carbocycles. The monoisotopic (exact) mass is 254 g/mol. The Hall–Kier alpha value is 0.220. The van der Waals surface area contributed by atoms with Crippen molar-refractivity contribution in [3.05, 3.63) is 0 Å². The minimum absolute atomic E-state index is 0.208. The van der Waals surface area contributed by atoms with E-state index < -0.39 is 9.84 Å². The van der Waals surface area contributed by atoms with E-state index in [2.05, 4.69) is 6.26 Å². The molecule has 0 rings (SSSR count). The van der Waals surface area contributed by atoms with Crippen molar-refractivity contribution in [1.82, 2.24) is 4.90 Å². The lowest BCUT2D eigenvalue weighted by atomic mass is 10.2. The lowest BCUT2D eigenvalue weighted by Crippen LogP contribution is -2.40. The maximum absolute atomic E-state index is 11.0. The van der Waals surface area contributed by atoms with E-state index >= 15 is 0 Å². The average Bonchev–Trinajstić information content (AvgIpc) is 2.15. The molecule has 15 heavy (non-hydrogen) atoms. The Balaban J connectivity index is 3.98. The number of sulfone groups is 1. The Morgan fingerprint density at radius 2 is 2.07 bits per heavy atom. The van der Waals surface area contributed by atoms with E-state index in [-0.39, 0.29) is 5.75 Å². The standard InChI is InChI=1S/C9H22N2O2S2/c1-11(5-7-15(3,12)13)9(8-10)4-6-14-2/h9H,4-8,10H2,1-3H3. The van der Waals surface area contributed by atoms with E-state index in [1.165, 1.54) is 6.26 Å². The SMILES string of the molecule is CSCCC(CN)N(C)CCS(C)(=O)=O. The molecular weight excluding hydrogens is 232 g/mol. The summed E-state index contributed by atoms with van der Waals surface area (Å²) in [4.78, 5) is 2.04. The molecule has 0 aliphatic heterocycles. The van der Waals surface area contributed by atoms with Crippen molar-refractivity contribution in [3.8, 4) is 0 Å². The topological polar surface area (TPSA) is 63.4 Å². The number of rotatable bonds is 8. The van der Waals surface area contributed by atoms with Crippen LogP contribution in [0.3, 0.4) is 0 Å². The fourth-order valence-electron chi connectivity index (χ4n) is 1.26. The number of nitrogens with two attached hydrogens (primary N) is 1. The third kappa shape index (κ3) is 8.07. The molecule has 92 valence electrons. The fraction of sp³-hybridized carbons (Fsp3) is 1.00. The second-order valence-electron chi connectivity index (χ2n) is 3.78. The summed E-state index contributed by atoms with van der Waals surface area (Å²) in [6.07, 6.45) is 4.34. The van der Waals surface area contributed by atoms with Crippen molar-refractivity contribution < 1.29 is 8.42 Å². The van der Waals surface area contributed by atoms with Crippen molar-refractivity contribution in [2.24, 2.45) is 5.73 Å². The van der Waals surface area contributed by atoms with Crippen LogP contribution in [0.2, 0.25) is 0 Å². The van der Waals surface area contributed by atoms with Crippen LogP contribution in [0.5, 0.6) is 0 Å². The number of hydrogen-bond acceptors (Lipinski definition) is 5. The van der Waals surface area contributed by atoms with Gasteiger partial charge in [-0.15, -0.1) is 0 Å². The maximum atomic E-state index is 11.0. The number of hydrogen-bond donors (Lipinski definition) is 1. The Bertz CT molecular complexity index is 255. The Morgan fingerprint density at radius 3 is 2.47 bits per heavy atom. The summed E-state index contributed by atoms with van der Waals surface area (Å²) in [5.74, 6) is 1.27. The van der Waals surface area contributed by atoms with Gasteiger partial charge in [0.1, 0.15) is 9.84 Å². The zero-order valence-corrected chi connectivity index (χ0v) is 11.4. The maximum Gasteiger partial charge on any atom is 0.148 e. The number of thioether (sulfide) groups is 1. The van der Waals surface area contributed by atoms with Gasteiger partial charge in [0.15, 0.2) is 0 Å². The molecule has 0 heterocycles. The summed E-state index contributed by atoms with van der Waals surface area (Å²) in [6.45, 7) is 1.15. The zero-order valence-electron chi connectivity index (χ0n) is 9.77. The molecule has 0 aromatic rings. The van der Waals surface area contributed by atoms with Gasteiger partial charge in [-0.1, -0.05) is 0 Å². The number of likely N-dealkylation sites (N-methyl/N-ethyl adjacent to an activating group) is 1. The summed E-state index contributed by atoms with van der Waals surface area (Å²) in [6, 6.07) is 0.291. The van der Waals surface area contributed by atoms with Gasteiger partial charge in [0.25, 0.3) is 0 Å². The smallest absolute Gasteiger partial charge is 0.148 e. The van der Waals surface area contributed by atoms with Crippen molar-refractivity contribution >= 4 is 21.6 Å². The molecule has 0 aliphatic carbocycles. The molecule has 2 N–H and O–H groups in total. The second-order valence-corrected chi connectivity index (χ2v) is 7.03. The van der Waals surface area contributed by atoms with Gasteiger partial charge >= 0.3 is 0 Å². The first-order valence-corrected chi connectivity index (χ1v) is 8.43. The van der Waals surface area contributed by atoms with E-state index in [4.69, 9.17) is 5.73 Å². The van der Waals surface area contributed by atoms with Crippen LogP contribution in [0, 0.1) is 0 Å². The molecule has 0 spiro atoms. The molecular formula is C9H22N2O2S2. The minimum Gasteiger partial charge on any atom is -0.329 e. The quantitative estimate of drug-likeness (QED) is 0.663. The Labute approximate surface area is 97.5 Å². The molecule has 1 atom stereocenters. The minimum atomic E-state index is -2.87. The first-order chi connectivity index (χ1) is 6.90. The summed E-state index contributed by atoms with van der Waals surface area (Å²) < 4.78 is 22.0. The van der Waals surface area contributed by atoms with E-state index in [0.717, 1.165) is 12.2 Å². The first-order valence-electron chi connectivity index (χ1n) is 4.97. The highest BCUT2D eigenvalue weighted by Gasteiger charge is 2.14. The summed E-state index contributed by atoms with van der Waals surface area (Å²) in [5, 5.41) is 0. The summed E-state index contributed by atoms with van der Waals surface area (Å²) >= 11 is 1.79. The van der Waals surface area contributed by atoms with Gasteiger partial charge in [-0.2, -0.15) is 11.8 Å². The van der Waals surface area contributed by atoms with E-state index in [9.17, 15) is 8.42 Å². The van der Waals surface area contributed by atoms with Crippen LogP contribution in [0.15, 0.2) is 0 Å². The second kappa shape index (κ2) is 7.49. The van der Waals surface area contributed by atoms with E-state index in [1.807, 2.05) is 11.9 Å². The van der Waals surface area contributed by atoms with E-state index in [0.29, 0.717) is 19.1 Å². The third-order valence-electron chi connectivity index (χ3n) is 2.37. The Kier molecular flexibility index (Phi) is 7.60. The zero-order chi connectivity index (χ0) is 11.9. The van der Waals surface area contributed by atoms with Gasteiger partial charge in [-0.25, -0.2) is 8.42 Å². The molecule has 0 aromatic heterocycles. The highest BCUT2D eigenvalue weighted by molar-refractivity contribution is 7.98. The van der Waals surface area contributed by atoms with Gasteiger partial charge in [-0.05, 0) is 25.5 Å². The largest absolute Gasteiger partial charge is 0.329 e. The van der Waals surface area contributed by atoms with Gasteiger partial charge in [0, 0.05) is 25.4 Å². The van der Waals surface area contributed by atoms with Crippen LogP contribution in [0.25, 0.3) is 0 Å². The molecule has 0 aliphatic rings. The highest BCUT2D eigenvalue weighted by atomic mass is 32.2. The van der Waals surface area contributed by atoms with E-state index in [1.54, 1.807) is 11.8 Å². The lowest BCUT2D eigenvalue weighted by molar-refractivity contribution is 0.255. The molecule has 0 saturated heterocycles. The summed E-state index contributed by atoms with van der Waals surface area (Å²) in [5.41, 5.74) is 5.65. The van der Waals surface area contributed by atoms with Gasteiger partial charge in [0.05, 0.1) is 5.75 Å². The normalized spacial score (nSPS) is 14.5. The van der Waals surface area contributed by atoms with Crippen LogP contribution in [-0.2, 0) is 9.84 Å². The van der Waals surface area contributed by atoms with Gasteiger partial charge in [0.2, 0.25) is 0 Å². The molecule has 4 nitrogen and oxygen atoms in total. The van der Waals surface area contributed by atoms with Crippen molar-refractivity contribution in [1.29, 1.82) is 0 Å². The predicted octanol–water partition coefficient (Wildman–Crippen LogP) is 0.0432. The highest BCUT2D eigenvalue weighted by Crippen LogP contribution is 2.05. The van der Waals surface area contributed by atoms with Crippen LogP contribution >= 0.6 is 11.8 Å². The van der Waals surface area contributed by atoms with Crippen LogP contribution < -0.4 is 5.73 Å². The van der Waals surface area contributed by atoms with Gasteiger partial charge in [-0.3, -0.25) is 0 Å². The molecule has 0 amide bonds. The molecule has 0 bridgehead atoms. The van der Waals surface area contributed by atoms with Crippen LogP contribution in [0.4, 0.5) is 0 Å². The third-order valence-corrected chi connectivity index (χ3v) is 3.93. The van der Waals surface area contributed by atoms with Crippen LogP contribution in [0.1, 0.15) is 6.42 Å². The van der Waals surface area contributed by atoms with Gasteiger partial charge < -0.3 is 10.6 Å². The summed E-state index contributed by atoms with van der Waals surface area (Å²) in [7, 11) is -0.936. The molecule has 0 aromatic carbocycles. The van der Waals surface area contributed by atoms with Crippen LogP contribution in [-0.4, -0.2) is 63.5 Å². The molecule has 0 fully saturated rings. The van der Waals surface area contributed by atoms with Crippen molar-refractivity contribution in [2.75, 3.05) is 44.2 Å². The van der Waals surface area contributed by atoms with Crippen molar-refractivity contribution in [2.45, 2.75) is 12.5 Å².